The number of amides is 1. The Morgan fingerprint density at radius 2 is 2.03 bits per heavy atom. The van der Waals surface area contributed by atoms with E-state index in [1.165, 1.54) is 5.56 Å². The van der Waals surface area contributed by atoms with Crippen LogP contribution < -0.4 is 9.47 Å². The summed E-state index contributed by atoms with van der Waals surface area (Å²) in [6.45, 7) is 2.68. The number of aromatic nitrogens is 2. The molecule has 2 aromatic heterocycles. The molecular weight excluding hydrogens is 398 g/mol. The maximum absolute atomic E-state index is 13.3. The lowest BCUT2D eigenvalue weighted by atomic mass is 9.90. The van der Waals surface area contributed by atoms with Gasteiger partial charge in [-0.3, -0.25) is 9.48 Å². The van der Waals surface area contributed by atoms with Crippen LogP contribution in [0.15, 0.2) is 35.8 Å². The van der Waals surface area contributed by atoms with E-state index < -0.39 is 0 Å². The molecule has 0 bridgehead atoms. The second kappa shape index (κ2) is 8.52. The monoisotopic (exact) mass is 425 g/mol. The van der Waals surface area contributed by atoms with Crippen molar-refractivity contribution in [3.05, 3.63) is 63.1 Å². The molecule has 3 aromatic rings. The topological polar surface area (TPSA) is 56.6 Å². The first-order valence-electron chi connectivity index (χ1n) is 10.1. The smallest absolute Gasteiger partial charge is 0.223 e. The second-order valence-electron chi connectivity index (χ2n) is 7.57. The second-order valence-corrected chi connectivity index (χ2v) is 8.55. The van der Waals surface area contributed by atoms with Crippen LogP contribution in [-0.2, 0) is 24.7 Å². The Labute approximate surface area is 181 Å². The van der Waals surface area contributed by atoms with Crippen LogP contribution in [0, 0.1) is 6.92 Å². The lowest BCUT2D eigenvalue weighted by Crippen LogP contribution is -2.40. The Hall–Kier alpha value is -2.80. The quantitative estimate of drug-likeness (QED) is 0.601. The number of rotatable bonds is 6. The Morgan fingerprint density at radius 1 is 1.27 bits per heavy atom. The number of carbonyl (C=O) groups excluding carboxylic acids is 1. The van der Waals surface area contributed by atoms with E-state index in [0.29, 0.717) is 25.1 Å². The summed E-state index contributed by atoms with van der Waals surface area (Å²) in [6, 6.07) is 8.12. The normalized spacial score (nSPS) is 15.7. The third kappa shape index (κ3) is 3.81. The molecule has 1 unspecified atom stereocenters. The predicted octanol–water partition coefficient (Wildman–Crippen LogP) is 3.91. The van der Waals surface area contributed by atoms with E-state index in [4.69, 9.17) is 9.47 Å². The van der Waals surface area contributed by atoms with Crippen molar-refractivity contribution < 1.29 is 14.3 Å². The summed E-state index contributed by atoms with van der Waals surface area (Å²) in [5.41, 5.74) is 4.44. The summed E-state index contributed by atoms with van der Waals surface area (Å²) < 4.78 is 12.8. The fourth-order valence-electron chi connectivity index (χ4n) is 4.25. The zero-order chi connectivity index (χ0) is 21.3. The van der Waals surface area contributed by atoms with Crippen molar-refractivity contribution in [2.75, 3.05) is 20.8 Å². The van der Waals surface area contributed by atoms with Crippen molar-refractivity contribution >= 4 is 17.2 Å². The van der Waals surface area contributed by atoms with Crippen molar-refractivity contribution in [3.63, 3.8) is 0 Å². The van der Waals surface area contributed by atoms with Gasteiger partial charge in [-0.1, -0.05) is 6.07 Å². The van der Waals surface area contributed by atoms with Crippen LogP contribution in [0.4, 0.5) is 0 Å². The van der Waals surface area contributed by atoms with Gasteiger partial charge in [0, 0.05) is 31.1 Å². The van der Waals surface area contributed by atoms with Gasteiger partial charge < -0.3 is 14.4 Å². The fourth-order valence-corrected chi connectivity index (χ4v) is 5.10. The number of ether oxygens (including phenoxy) is 2. The number of aryl methyl sites for hydroxylation is 3. The SMILES string of the molecule is COc1cc2c(cc1OC)C(c1cccs1)N(C(=O)CCc1cn(C)nc1C)CC2. The largest absolute Gasteiger partial charge is 0.493 e. The predicted molar refractivity (Wildman–Crippen MR) is 117 cm³/mol. The molecule has 158 valence electrons. The van der Waals surface area contributed by atoms with Gasteiger partial charge in [0.1, 0.15) is 0 Å². The zero-order valence-corrected chi connectivity index (χ0v) is 18.7. The zero-order valence-electron chi connectivity index (χ0n) is 17.8. The summed E-state index contributed by atoms with van der Waals surface area (Å²) in [6.07, 6.45) is 3.97. The molecule has 0 N–H and O–H groups in total. The maximum Gasteiger partial charge on any atom is 0.223 e. The van der Waals surface area contributed by atoms with Gasteiger partial charge >= 0.3 is 0 Å². The minimum atomic E-state index is -0.101. The van der Waals surface area contributed by atoms with Crippen LogP contribution >= 0.6 is 11.3 Å². The molecule has 1 aliphatic rings. The summed E-state index contributed by atoms with van der Waals surface area (Å²) in [5, 5.41) is 6.45. The molecule has 0 saturated carbocycles. The molecule has 1 amide bonds. The Bertz CT molecular complexity index is 1040. The number of fused-ring (bicyclic) bond motifs is 1. The molecule has 0 spiro atoms. The average molecular weight is 426 g/mol. The van der Waals surface area contributed by atoms with Crippen molar-refractivity contribution in [3.8, 4) is 11.5 Å². The van der Waals surface area contributed by atoms with Crippen LogP contribution in [0.3, 0.4) is 0 Å². The maximum atomic E-state index is 13.3. The number of carbonyl (C=O) groups is 1. The Balaban J connectivity index is 1.65. The molecule has 1 atom stereocenters. The third-order valence-corrected chi connectivity index (χ3v) is 6.65. The van der Waals surface area contributed by atoms with Gasteiger partial charge in [0.2, 0.25) is 5.91 Å². The van der Waals surface area contributed by atoms with Gasteiger partial charge in [0.25, 0.3) is 0 Å². The first-order chi connectivity index (χ1) is 14.5. The molecule has 1 aromatic carbocycles. The van der Waals surface area contributed by atoms with Gasteiger partial charge in [-0.2, -0.15) is 5.10 Å². The van der Waals surface area contributed by atoms with Crippen molar-refractivity contribution in [1.82, 2.24) is 14.7 Å². The first-order valence-corrected chi connectivity index (χ1v) is 11.0. The molecule has 0 saturated heterocycles. The van der Waals surface area contributed by atoms with E-state index in [1.807, 2.05) is 37.2 Å². The van der Waals surface area contributed by atoms with E-state index in [2.05, 4.69) is 22.6 Å². The lowest BCUT2D eigenvalue weighted by Gasteiger charge is -2.37. The number of methoxy groups -OCH3 is 2. The van der Waals surface area contributed by atoms with Gasteiger partial charge in [0.05, 0.1) is 26.0 Å². The van der Waals surface area contributed by atoms with Crippen LogP contribution in [0.25, 0.3) is 0 Å². The molecule has 30 heavy (non-hydrogen) atoms. The van der Waals surface area contributed by atoms with Crippen molar-refractivity contribution in [2.45, 2.75) is 32.2 Å². The summed E-state index contributed by atoms with van der Waals surface area (Å²) >= 11 is 1.68. The molecule has 0 fully saturated rings. The number of nitrogens with zero attached hydrogens (tertiary/aromatic N) is 3. The molecule has 7 heteroatoms. The fraction of sp³-hybridized carbons (Fsp3) is 0.391. The number of hydrogen-bond acceptors (Lipinski definition) is 5. The highest BCUT2D eigenvalue weighted by Gasteiger charge is 2.33. The number of benzene rings is 1. The summed E-state index contributed by atoms with van der Waals surface area (Å²) in [5.74, 6) is 1.59. The number of thiophene rings is 1. The number of hydrogen-bond donors (Lipinski definition) is 0. The van der Waals surface area contributed by atoms with Crippen LogP contribution in [-0.4, -0.2) is 41.4 Å². The molecule has 0 radical (unpaired) electrons. The Morgan fingerprint density at radius 3 is 2.67 bits per heavy atom. The van der Waals surface area contributed by atoms with Gasteiger partial charge in [-0.15, -0.1) is 11.3 Å². The van der Waals surface area contributed by atoms with Crippen LogP contribution in [0.2, 0.25) is 0 Å². The van der Waals surface area contributed by atoms with Crippen LogP contribution in [0.1, 0.15) is 39.7 Å². The minimum Gasteiger partial charge on any atom is -0.493 e. The molecule has 3 heterocycles. The average Bonchev–Trinajstić information content (AvgIpc) is 3.39. The highest BCUT2D eigenvalue weighted by Crippen LogP contribution is 2.42. The minimum absolute atomic E-state index is 0.101. The van der Waals surface area contributed by atoms with Crippen molar-refractivity contribution in [2.24, 2.45) is 7.05 Å². The first kappa shape index (κ1) is 20.5. The third-order valence-electron chi connectivity index (χ3n) is 5.73. The summed E-state index contributed by atoms with van der Waals surface area (Å²) in [4.78, 5) is 16.5. The van der Waals surface area contributed by atoms with Gasteiger partial charge in [0.15, 0.2) is 11.5 Å². The van der Waals surface area contributed by atoms with E-state index in [-0.39, 0.29) is 11.9 Å². The van der Waals surface area contributed by atoms with Crippen LogP contribution in [0.5, 0.6) is 11.5 Å². The molecule has 0 aliphatic carbocycles. The van der Waals surface area contributed by atoms with E-state index >= 15 is 0 Å². The van der Waals surface area contributed by atoms with E-state index in [0.717, 1.165) is 33.9 Å². The molecule has 6 nitrogen and oxygen atoms in total. The molecule has 4 rings (SSSR count). The highest BCUT2D eigenvalue weighted by molar-refractivity contribution is 7.10. The van der Waals surface area contributed by atoms with Crippen molar-refractivity contribution in [1.29, 1.82) is 0 Å². The standard InChI is InChI=1S/C23H27N3O3S/c1-15-17(14-25(2)24-15)7-8-22(27)26-10-9-16-12-19(28-3)20(29-4)13-18(16)23(26)21-6-5-11-30-21/h5-6,11-14,23H,7-10H2,1-4H3. The Kier molecular flexibility index (Phi) is 5.81. The van der Waals surface area contributed by atoms with E-state index in [1.54, 1.807) is 30.2 Å². The lowest BCUT2D eigenvalue weighted by molar-refractivity contribution is -0.133. The van der Waals surface area contributed by atoms with E-state index in [9.17, 15) is 4.79 Å². The van der Waals surface area contributed by atoms with Gasteiger partial charge in [-0.25, -0.2) is 0 Å². The molecule has 1 aliphatic heterocycles. The highest BCUT2D eigenvalue weighted by atomic mass is 32.1. The summed E-state index contributed by atoms with van der Waals surface area (Å²) in [7, 11) is 5.21. The van der Waals surface area contributed by atoms with Gasteiger partial charge in [-0.05, 0) is 60.0 Å². The molecular formula is C23H27N3O3S.